The summed E-state index contributed by atoms with van der Waals surface area (Å²) in [6.45, 7) is 0. The SMILES string of the molecule is COc1ccc(-c2cnc3ccc(Cl)nn23)cc1. The number of methoxy groups -OCH3 is 1. The van der Waals surface area contributed by atoms with E-state index >= 15 is 0 Å². The van der Waals surface area contributed by atoms with E-state index in [1.54, 1.807) is 23.9 Å². The average Bonchev–Trinajstić information content (AvgIpc) is 2.82. The van der Waals surface area contributed by atoms with E-state index in [1.807, 2.05) is 30.3 Å². The third kappa shape index (κ3) is 1.80. The van der Waals surface area contributed by atoms with Gasteiger partial charge in [-0.2, -0.15) is 5.10 Å². The number of halogens is 1. The zero-order valence-corrected chi connectivity index (χ0v) is 10.4. The lowest BCUT2D eigenvalue weighted by Crippen LogP contribution is -1.94. The predicted molar refractivity (Wildman–Crippen MR) is 70.0 cm³/mol. The summed E-state index contributed by atoms with van der Waals surface area (Å²) in [7, 11) is 1.64. The maximum Gasteiger partial charge on any atom is 0.154 e. The fourth-order valence-electron chi connectivity index (χ4n) is 1.81. The molecular formula is C13H10ClN3O. The first kappa shape index (κ1) is 11.0. The van der Waals surface area contributed by atoms with Crippen molar-refractivity contribution in [2.45, 2.75) is 0 Å². The van der Waals surface area contributed by atoms with Crippen molar-refractivity contribution in [1.82, 2.24) is 14.6 Å². The number of hydrogen-bond acceptors (Lipinski definition) is 3. The highest BCUT2D eigenvalue weighted by atomic mass is 35.5. The molecular weight excluding hydrogens is 250 g/mol. The largest absolute Gasteiger partial charge is 0.497 e. The van der Waals surface area contributed by atoms with E-state index in [1.165, 1.54) is 0 Å². The summed E-state index contributed by atoms with van der Waals surface area (Å²) in [6.07, 6.45) is 1.78. The Labute approximate surface area is 109 Å². The molecule has 0 aliphatic rings. The van der Waals surface area contributed by atoms with Crippen molar-refractivity contribution >= 4 is 17.2 Å². The second-order valence-corrected chi connectivity index (χ2v) is 4.19. The van der Waals surface area contributed by atoms with Gasteiger partial charge in [0.25, 0.3) is 0 Å². The lowest BCUT2D eigenvalue weighted by Gasteiger charge is -2.03. The first-order valence-electron chi connectivity index (χ1n) is 5.42. The summed E-state index contributed by atoms with van der Waals surface area (Å²) in [4.78, 5) is 4.29. The van der Waals surface area contributed by atoms with Gasteiger partial charge in [0.1, 0.15) is 10.9 Å². The minimum atomic E-state index is 0.440. The van der Waals surface area contributed by atoms with Crippen molar-refractivity contribution in [1.29, 1.82) is 0 Å². The fourth-order valence-corrected chi connectivity index (χ4v) is 1.95. The van der Waals surface area contributed by atoms with Crippen molar-refractivity contribution < 1.29 is 4.74 Å². The molecule has 0 aliphatic carbocycles. The van der Waals surface area contributed by atoms with Gasteiger partial charge in [-0.3, -0.25) is 0 Å². The standard InChI is InChI=1S/C13H10ClN3O/c1-18-10-4-2-9(3-5-10)11-8-15-13-7-6-12(14)16-17(11)13/h2-8H,1H3. The van der Waals surface area contributed by atoms with Crippen LogP contribution in [0, 0.1) is 0 Å². The van der Waals surface area contributed by atoms with Crippen LogP contribution in [0.25, 0.3) is 16.9 Å². The maximum atomic E-state index is 5.90. The number of nitrogens with zero attached hydrogens (tertiary/aromatic N) is 3. The zero-order chi connectivity index (χ0) is 12.5. The van der Waals surface area contributed by atoms with Crippen LogP contribution in [0.15, 0.2) is 42.6 Å². The molecule has 18 heavy (non-hydrogen) atoms. The van der Waals surface area contributed by atoms with E-state index in [0.29, 0.717) is 5.15 Å². The zero-order valence-electron chi connectivity index (χ0n) is 9.67. The van der Waals surface area contributed by atoms with Gasteiger partial charge in [-0.15, -0.1) is 0 Å². The number of ether oxygens (including phenoxy) is 1. The average molecular weight is 260 g/mol. The van der Waals surface area contributed by atoms with Gasteiger partial charge in [0, 0.05) is 5.56 Å². The van der Waals surface area contributed by atoms with Crippen LogP contribution in [0.1, 0.15) is 0 Å². The van der Waals surface area contributed by atoms with Gasteiger partial charge in [-0.05, 0) is 36.4 Å². The molecule has 5 heteroatoms. The van der Waals surface area contributed by atoms with E-state index < -0.39 is 0 Å². The Balaban J connectivity index is 2.15. The lowest BCUT2D eigenvalue weighted by atomic mass is 10.1. The molecule has 0 amide bonds. The van der Waals surface area contributed by atoms with Crippen LogP contribution in [0.5, 0.6) is 5.75 Å². The monoisotopic (exact) mass is 259 g/mol. The third-order valence-corrected chi connectivity index (χ3v) is 2.92. The van der Waals surface area contributed by atoms with E-state index in [-0.39, 0.29) is 0 Å². The molecule has 0 unspecified atom stereocenters. The predicted octanol–water partition coefficient (Wildman–Crippen LogP) is 3.06. The number of aromatic nitrogens is 3. The summed E-state index contributed by atoms with van der Waals surface area (Å²) in [5.41, 5.74) is 2.68. The van der Waals surface area contributed by atoms with E-state index in [9.17, 15) is 0 Å². The molecule has 0 N–H and O–H groups in total. The Bertz CT molecular complexity index is 691. The molecule has 0 spiro atoms. The minimum absolute atomic E-state index is 0.440. The van der Waals surface area contributed by atoms with Gasteiger partial charge < -0.3 is 4.74 Å². The highest BCUT2D eigenvalue weighted by Gasteiger charge is 2.07. The molecule has 0 saturated carbocycles. The van der Waals surface area contributed by atoms with Crippen LogP contribution < -0.4 is 4.74 Å². The Morgan fingerprint density at radius 2 is 1.89 bits per heavy atom. The summed E-state index contributed by atoms with van der Waals surface area (Å²) in [6, 6.07) is 11.3. The van der Waals surface area contributed by atoms with Gasteiger partial charge in [0.2, 0.25) is 0 Å². The second kappa shape index (κ2) is 4.31. The Hall–Kier alpha value is -2.07. The number of benzene rings is 1. The van der Waals surface area contributed by atoms with Gasteiger partial charge >= 0.3 is 0 Å². The van der Waals surface area contributed by atoms with E-state index in [0.717, 1.165) is 22.7 Å². The Morgan fingerprint density at radius 1 is 1.11 bits per heavy atom. The molecule has 0 fully saturated rings. The number of hydrogen-bond donors (Lipinski definition) is 0. The smallest absolute Gasteiger partial charge is 0.154 e. The first-order valence-corrected chi connectivity index (χ1v) is 5.80. The van der Waals surface area contributed by atoms with Crippen molar-refractivity contribution in [2.75, 3.05) is 7.11 Å². The summed E-state index contributed by atoms with van der Waals surface area (Å²) >= 11 is 5.90. The van der Waals surface area contributed by atoms with Gasteiger partial charge in [-0.25, -0.2) is 9.50 Å². The second-order valence-electron chi connectivity index (χ2n) is 3.80. The molecule has 3 aromatic rings. The molecule has 2 heterocycles. The van der Waals surface area contributed by atoms with Crippen LogP contribution >= 0.6 is 11.6 Å². The lowest BCUT2D eigenvalue weighted by molar-refractivity contribution is 0.415. The molecule has 0 aliphatic heterocycles. The van der Waals surface area contributed by atoms with Gasteiger partial charge in [0.15, 0.2) is 5.65 Å². The normalized spacial score (nSPS) is 10.8. The molecule has 1 aromatic carbocycles. The minimum Gasteiger partial charge on any atom is -0.497 e. The quantitative estimate of drug-likeness (QED) is 0.710. The molecule has 0 radical (unpaired) electrons. The van der Waals surface area contributed by atoms with Crippen molar-refractivity contribution in [3.05, 3.63) is 47.7 Å². The first-order chi connectivity index (χ1) is 8.78. The number of imidazole rings is 1. The van der Waals surface area contributed by atoms with Crippen molar-refractivity contribution in [2.24, 2.45) is 0 Å². The highest BCUT2D eigenvalue weighted by Crippen LogP contribution is 2.23. The molecule has 4 nitrogen and oxygen atoms in total. The van der Waals surface area contributed by atoms with E-state index in [2.05, 4.69) is 10.1 Å². The Morgan fingerprint density at radius 3 is 2.61 bits per heavy atom. The van der Waals surface area contributed by atoms with Crippen LogP contribution in [-0.2, 0) is 0 Å². The number of rotatable bonds is 2. The molecule has 3 rings (SSSR count). The Kier molecular flexibility index (Phi) is 2.64. The van der Waals surface area contributed by atoms with Gasteiger partial charge in [0.05, 0.1) is 19.0 Å². The summed E-state index contributed by atoms with van der Waals surface area (Å²) in [5.74, 6) is 0.818. The van der Waals surface area contributed by atoms with Crippen LogP contribution in [0.2, 0.25) is 5.15 Å². The van der Waals surface area contributed by atoms with Crippen molar-refractivity contribution in [3.8, 4) is 17.0 Å². The summed E-state index contributed by atoms with van der Waals surface area (Å²) in [5, 5.41) is 4.68. The third-order valence-electron chi connectivity index (χ3n) is 2.72. The van der Waals surface area contributed by atoms with Gasteiger partial charge in [-0.1, -0.05) is 11.6 Å². The molecule has 0 saturated heterocycles. The van der Waals surface area contributed by atoms with Crippen LogP contribution in [0.4, 0.5) is 0 Å². The molecule has 90 valence electrons. The highest BCUT2D eigenvalue weighted by molar-refractivity contribution is 6.29. The van der Waals surface area contributed by atoms with Crippen molar-refractivity contribution in [3.63, 3.8) is 0 Å². The van der Waals surface area contributed by atoms with Crippen LogP contribution in [-0.4, -0.2) is 21.7 Å². The fraction of sp³-hybridized carbons (Fsp3) is 0.0769. The maximum absolute atomic E-state index is 5.90. The number of fused-ring (bicyclic) bond motifs is 1. The van der Waals surface area contributed by atoms with E-state index in [4.69, 9.17) is 16.3 Å². The summed E-state index contributed by atoms with van der Waals surface area (Å²) < 4.78 is 6.86. The molecule has 0 atom stereocenters. The molecule has 2 aromatic heterocycles. The molecule has 0 bridgehead atoms. The topological polar surface area (TPSA) is 39.4 Å². The van der Waals surface area contributed by atoms with Crippen LogP contribution in [0.3, 0.4) is 0 Å².